The Morgan fingerprint density at radius 3 is 2.48 bits per heavy atom. The molecule has 0 spiro atoms. The topological polar surface area (TPSA) is 56.1 Å². The summed E-state index contributed by atoms with van der Waals surface area (Å²) in [5, 5.41) is 3.60. The summed E-state index contributed by atoms with van der Waals surface area (Å²) in [5.74, 6) is 1.26. The average molecular weight is 406 g/mol. The minimum Gasteiger partial charge on any atom is -0.484 e. The molecule has 1 aromatic heterocycles. The van der Waals surface area contributed by atoms with Gasteiger partial charge in [0.25, 0.3) is 5.91 Å². The number of fused-ring (bicyclic) bond motifs is 1. The number of nitrogens with zero attached hydrogens (tertiary/aromatic N) is 2. The highest BCUT2D eigenvalue weighted by molar-refractivity contribution is 6.30. The van der Waals surface area contributed by atoms with E-state index in [-0.39, 0.29) is 12.5 Å². The number of rotatable bonds is 7. The van der Waals surface area contributed by atoms with Crippen LogP contribution in [-0.2, 0) is 17.9 Å². The van der Waals surface area contributed by atoms with Gasteiger partial charge in [-0.05, 0) is 42.0 Å². The van der Waals surface area contributed by atoms with Gasteiger partial charge in [-0.3, -0.25) is 4.79 Å². The summed E-state index contributed by atoms with van der Waals surface area (Å²) in [7, 11) is 0. The molecular formula is C23H20ClN3O2. The molecule has 0 atom stereocenters. The van der Waals surface area contributed by atoms with E-state index in [1.54, 1.807) is 0 Å². The molecule has 146 valence electrons. The van der Waals surface area contributed by atoms with Crippen LogP contribution in [0.5, 0.6) is 5.75 Å². The van der Waals surface area contributed by atoms with Crippen molar-refractivity contribution in [3.05, 3.63) is 95.3 Å². The molecule has 4 aromatic rings. The first-order valence-electron chi connectivity index (χ1n) is 9.32. The second kappa shape index (κ2) is 8.80. The minimum absolute atomic E-state index is 0.0403. The van der Waals surface area contributed by atoms with Crippen LogP contribution in [0.3, 0.4) is 0 Å². The van der Waals surface area contributed by atoms with Gasteiger partial charge in [0.1, 0.15) is 11.6 Å². The molecule has 3 aromatic carbocycles. The Morgan fingerprint density at radius 1 is 0.966 bits per heavy atom. The standard InChI is InChI=1S/C23H20ClN3O2/c24-18-12-10-17(11-13-18)15-27-21-9-5-4-8-20(21)26-22(27)14-25-23(28)16-29-19-6-2-1-3-7-19/h1-13H,14-16H2,(H,25,28). The molecule has 0 aliphatic heterocycles. The molecule has 0 aliphatic carbocycles. The molecule has 0 unspecified atom stereocenters. The molecule has 4 rings (SSSR count). The van der Waals surface area contributed by atoms with E-state index in [4.69, 9.17) is 21.3 Å². The smallest absolute Gasteiger partial charge is 0.258 e. The molecule has 6 heteroatoms. The number of hydrogen-bond acceptors (Lipinski definition) is 3. The van der Waals surface area contributed by atoms with Crippen LogP contribution >= 0.6 is 11.6 Å². The van der Waals surface area contributed by atoms with Crippen LogP contribution < -0.4 is 10.1 Å². The second-order valence-electron chi connectivity index (χ2n) is 6.61. The fourth-order valence-electron chi connectivity index (χ4n) is 3.10. The van der Waals surface area contributed by atoms with Gasteiger partial charge in [-0.1, -0.05) is 54.1 Å². The van der Waals surface area contributed by atoms with Crippen molar-refractivity contribution < 1.29 is 9.53 Å². The Morgan fingerprint density at radius 2 is 1.69 bits per heavy atom. The Kier molecular flexibility index (Phi) is 5.77. The minimum atomic E-state index is -0.195. The number of aromatic nitrogens is 2. The molecule has 1 amide bonds. The Bertz CT molecular complexity index is 1110. The molecule has 0 saturated carbocycles. The molecule has 29 heavy (non-hydrogen) atoms. The van der Waals surface area contributed by atoms with Crippen LogP contribution in [-0.4, -0.2) is 22.1 Å². The number of carbonyl (C=O) groups excluding carboxylic acids is 1. The van der Waals surface area contributed by atoms with Gasteiger partial charge in [0.05, 0.1) is 17.6 Å². The van der Waals surface area contributed by atoms with E-state index in [1.807, 2.05) is 78.9 Å². The lowest BCUT2D eigenvalue weighted by atomic mass is 10.2. The summed E-state index contributed by atoms with van der Waals surface area (Å²) in [6, 6.07) is 24.9. The van der Waals surface area contributed by atoms with Crippen molar-refractivity contribution in [2.75, 3.05) is 6.61 Å². The highest BCUT2D eigenvalue weighted by Crippen LogP contribution is 2.19. The maximum absolute atomic E-state index is 12.2. The van der Waals surface area contributed by atoms with Crippen molar-refractivity contribution in [3.8, 4) is 5.75 Å². The third-order valence-electron chi connectivity index (χ3n) is 4.54. The first-order chi connectivity index (χ1) is 14.2. The van der Waals surface area contributed by atoms with Crippen molar-refractivity contribution in [1.82, 2.24) is 14.9 Å². The lowest BCUT2D eigenvalue weighted by Gasteiger charge is -2.11. The van der Waals surface area contributed by atoms with Crippen LogP contribution in [0.2, 0.25) is 5.02 Å². The third kappa shape index (κ3) is 4.76. The summed E-state index contributed by atoms with van der Waals surface area (Å²) >= 11 is 6.00. The molecule has 0 saturated heterocycles. The van der Waals surface area contributed by atoms with Crippen molar-refractivity contribution in [2.45, 2.75) is 13.1 Å². The molecule has 0 fully saturated rings. The predicted molar refractivity (Wildman–Crippen MR) is 114 cm³/mol. The number of halogens is 1. The SMILES string of the molecule is O=C(COc1ccccc1)NCc1nc2ccccc2n1Cc1ccc(Cl)cc1. The summed E-state index contributed by atoms with van der Waals surface area (Å²) < 4.78 is 7.61. The van der Waals surface area contributed by atoms with Gasteiger partial charge in [0.15, 0.2) is 6.61 Å². The lowest BCUT2D eigenvalue weighted by Crippen LogP contribution is -2.29. The zero-order chi connectivity index (χ0) is 20.1. The van der Waals surface area contributed by atoms with Crippen molar-refractivity contribution in [2.24, 2.45) is 0 Å². The normalized spacial score (nSPS) is 10.8. The van der Waals surface area contributed by atoms with Gasteiger partial charge in [0, 0.05) is 11.6 Å². The number of imidazole rings is 1. The van der Waals surface area contributed by atoms with Gasteiger partial charge in [-0.25, -0.2) is 4.98 Å². The summed E-state index contributed by atoms with van der Waals surface area (Å²) in [6.07, 6.45) is 0. The quantitative estimate of drug-likeness (QED) is 0.494. The number of nitrogens with one attached hydrogen (secondary N) is 1. The molecule has 0 aliphatic rings. The molecular weight excluding hydrogens is 386 g/mol. The van der Waals surface area contributed by atoms with E-state index in [9.17, 15) is 4.79 Å². The van der Waals surface area contributed by atoms with E-state index < -0.39 is 0 Å². The first-order valence-corrected chi connectivity index (χ1v) is 9.70. The van der Waals surface area contributed by atoms with Gasteiger partial charge in [0.2, 0.25) is 0 Å². The highest BCUT2D eigenvalue weighted by atomic mass is 35.5. The van der Waals surface area contributed by atoms with E-state index >= 15 is 0 Å². The summed E-state index contributed by atoms with van der Waals surface area (Å²) in [4.78, 5) is 16.9. The monoisotopic (exact) mass is 405 g/mol. The van der Waals surface area contributed by atoms with Crippen LogP contribution in [0, 0.1) is 0 Å². The molecule has 1 N–H and O–H groups in total. The van der Waals surface area contributed by atoms with Gasteiger partial charge >= 0.3 is 0 Å². The number of ether oxygens (including phenoxy) is 1. The van der Waals surface area contributed by atoms with E-state index in [0.29, 0.717) is 23.9 Å². The van der Waals surface area contributed by atoms with Gasteiger partial charge in [-0.2, -0.15) is 0 Å². The van der Waals surface area contributed by atoms with Crippen LogP contribution in [0.15, 0.2) is 78.9 Å². The van der Waals surface area contributed by atoms with Crippen molar-refractivity contribution >= 4 is 28.5 Å². The molecule has 1 heterocycles. The number of carbonyl (C=O) groups is 1. The van der Waals surface area contributed by atoms with Gasteiger partial charge in [-0.15, -0.1) is 0 Å². The van der Waals surface area contributed by atoms with Crippen LogP contribution in [0.25, 0.3) is 11.0 Å². The summed E-state index contributed by atoms with van der Waals surface area (Å²) in [6.45, 7) is 0.921. The Balaban J connectivity index is 1.47. The highest BCUT2D eigenvalue weighted by Gasteiger charge is 2.12. The fraction of sp³-hybridized carbons (Fsp3) is 0.130. The lowest BCUT2D eigenvalue weighted by molar-refractivity contribution is -0.123. The first kappa shape index (κ1) is 19.0. The van der Waals surface area contributed by atoms with Gasteiger partial charge < -0.3 is 14.6 Å². The van der Waals surface area contributed by atoms with E-state index in [1.165, 1.54) is 0 Å². The van der Waals surface area contributed by atoms with Crippen LogP contribution in [0.4, 0.5) is 0 Å². The molecule has 5 nitrogen and oxygen atoms in total. The largest absolute Gasteiger partial charge is 0.484 e. The maximum atomic E-state index is 12.2. The van der Waals surface area contributed by atoms with Crippen LogP contribution in [0.1, 0.15) is 11.4 Å². The number of para-hydroxylation sites is 3. The Hall–Kier alpha value is -3.31. The number of hydrogen-bond donors (Lipinski definition) is 1. The Labute approximate surface area is 173 Å². The third-order valence-corrected chi connectivity index (χ3v) is 4.80. The number of amides is 1. The van der Waals surface area contributed by atoms with E-state index in [2.05, 4.69) is 9.88 Å². The molecule has 0 bridgehead atoms. The molecule has 0 radical (unpaired) electrons. The maximum Gasteiger partial charge on any atom is 0.258 e. The number of benzene rings is 3. The van der Waals surface area contributed by atoms with Crippen molar-refractivity contribution in [3.63, 3.8) is 0 Å². The zero-order valence-corrected chi connectivity index (χ0v) is 16.5. The second-order valence-corrected chi connectivity index (χ2v) is 7.04. The summed E-state index contributed by atoms with van der Waals surface area (Å²) in [5.41, 5.74) is 3.02. The average Bonchev–Trinajstić information content (AvgIpc) is 3.10. The zero-order valence-electron chi connectivity index (χ0n) is 15.7. The predicted octanol–water partition coefficient (Wildman–Crippen LogP) is 4.43. The van der Waals surface area contributed by atoms with E-state index in [0.717, 1.165) is 22.4 Å². The van der Waals surface area contributed by atoms with Crippen molar-refractivity contribution in [1.29, 1.82) is 0 Å². The fourth-order valence-corrected chi connectivity index (χ4v) is 3.23.